The number of aromatic amines is 1. The number of carbonyl (C=O) groups is 1. The number of rotatable bonds is 4. The van der Waals surface area contributed by atoms with Crippen molar-refractivity contribution >= 4 is 18.1 Å². The average Bonchev–Trinajstić information content (AvgIpc) is 3.01. The second-order valence-corrected chi connectivity index (χ2v) is 7.14. The largest absolute Gasteiger partial charge is 0.409 e. The smallest absolute Gasteiger partial charge is 0.284 e. The molecule has 2 aromatic rings. The molecule has 24 heavy (non-hydrogen) atoms. The summed E-state index contributed by atoms with van der Waals surface area (Å²) in [7, 11) is 0. The van der Waals surface area contributed by atoms with E-state index in [2.05, 4.69) is 28.9 Å². The Bertz CT molecular complexity index is 748. The van der Waals surface area contributed by atoms with Crippen LogP contribution in [0.2, 0.25) is 0 Å². The highest BCUT2D eigenvalue weighted by molar-refractivity contribution is 7.71. The molecule has 1 N–H and O–H groups in total. The van der Waals surface area contributed by atoms with Gasteiger partial charge in [0.1, 0.15) is 0 Å². The number of piperidine rings is 1. The Morgan fingerprint density at radius 1 is 1.38 bits per heavy atom. The number of amides is 1. The maximum Gasteiger partial charge on any atom is 0.284 e. The first-order valence-electron chi connectivity index (χ1n) is 8.51. The average molecular weight is 345 g/mol. The summed E-state index contributed by atoms with van der Waals surface area (Å²) in [6.45, 7) is 5.28. The van der Waals surface area contributed by atoms with E-state index in [1.165, 1.54) is 6.42 Å². The van der Waals surface area contributed by atoms with Crippen molar-refractivity contribution in [3.63, 3.8) is 0 Å². The van der Waals surface area contributed by atoms with Gasteiger partial charge < -0.3 is 9.32 Å². The lowest BCUT2D eigenvalue weighted by Crippen LogP contribution is -2.44. The van der Waals surface area contributed by atoms with E-state index >= 15 is 0 Å². The van der Waals surface area contributed by atoms with Crippen LogP contribution in [0.5, 0.6) is 0 Å². The molecule has 0 radical (unpaired) electrons. The van der Waals surface area contributed by atoms with Crippen LogP contribution in [0.25, 0.3) is 11.5 Å². The maximum atomic E-state index is 12.9. The van der Waals surface area contributed by atoms with Crippen LogP contribution in [0.15, 0.2) is 28.7 Å². The molecule has 128 valence electrons. The minimum absolute atomic E-state index is 0.120. The minimum atomic E-state index is 0.120. The molecule has 2 heterocycles. The Balaban J connectivity index is 1.77. The lowest BCUT2D eigenvalue weighted by molar-refractivity contribution is 0.0584. The quantitative estimate of drug-likeness (QED) is 0.832. The van der Waals surface area contributed by atoms with Gasteiger partial charge in [-0.3, -0.25) is 4.79 Å². The Morgan fingerprint density at radius 2 is 2.12 bits per heavy atom. The third kappa shape index (κ3) is 3.75. The van der Waals surface area contributed by atoms with Gasteiger partial charge in [-0.15, -0.1) is 5.10 Å². The van der Waals surface area contributed by atoms with Crippen molar-refractivity contribution in [3.8, 4) is 11.5 Å². The van der Waals surface area contributed by atoms with Crippen LogP contribution in [0.4, 0.5) is 0 Å². The Kier molecular flexibility index (Phi) is 5.14. The molecular weight excluding hydrogens is 322 g/mol. The first-order chi connectivity index (χ1) is 11.5. The van der Waals surface area contributed by atoms with Crippen LogP contribution < -0.4 is 0 Å². The molecule has 3 rings (SSSR count). The van der Waals surface area contributed by atoms with Gasteiger partial charge in [-0.1, -0.05) is 13.8 Å². The fourth-order valence-electron chi connectivity index (χ4n) is 3.33. The number of H-pyrrole nitrogens is 1. The van der Waals surface area contributed by atoms with Crippen molar-refractivity contribution in [2.45, 2.75) is 45.6 Å². The first-order valence-corrected chi connectivity index (χ1v) is 8.92. The van der Waals surface area contributed by atoms with E-state index in [1.54, 1.807) is 0 Å². The molecule has 1 saturated heterocycles. The molecule has 5 nitrogen and oxygen atoms in total. The number of hydrogen-bond acceptors (Lipinski definition) is 4. The van der Waals surface area contributed by atoms with Crippen molar-refractivity contribution in [2.75, 3.05) is 6.54 Å². The van der Waals surface area contributed by atoms with Gasteiger partial charge in [0, 0.05) is 23.7 Å². The lowest BCUT2D eigenvalue weighted by atomic mass is 9.93. The van der Waals surface area contributed by atoms with Crippen molar-refractivity contribution in [1.29, 1.82) is 0 Å². The molecule has 1 aliphatic rings. The van der Waals surface area contributed by atoms with Gasteiger partial charge in [-0.05, 0) is 68.1 Å². The minimum Gasteiger partial charge on any atom is -0.409 e. The molecule has 0 spiro atoms. The maximum absolute atomic E-state index is 12.9. The van der Waals surface area contributed by atoms with E-state index in [1.807, 2.05) is 24.3 Å². The molecule has 0 saturated carbocycles. The Hall–Kier alpha value is -1.95. The topological polar surface area (TPSA) is 62.1 Å². The summed E-state index contributed by atoms with van der Waals surface area (Å²) in [6.07, 6.45) is 4.48. The van der Waals surface area contributed by atoms with E-state index in [-0.39, 0.29) is 10.7 Å². The van der Waals surface area contributed by atoms with E-state index in [9.17, 15) is 4.79 Å². The number of likely N-dealkylation sites (tertiary alicyclic amines) is 1. The molecule has 1 unspecified atom stereocenters. The van der Waals surface area contributed by atoms with Crippen LogP contribution in [0.1, 0.15) is 49.9 Å². The summed E-state index contributed by atoms with van der Waals surface area (Å²) in [5, 5.41) is 6.61. The normalized spacial score (nSPS) is 18.1. The molecule has 0 aliphatic carbocycles. The highest BCUT2D eigenvalue weighted by Crippen LogP contribution is 2.25. The summed E-state index contributed by atoms with van der Waals surface area (Å²) < 4.78 is 5.30. The number of aromatic nitrogens is 2. The summed E-state index contributed by atoms with van der Waals surface area (Å²) in [4.78, 5) is 15.2. The molecular formula is C18H23N3O2S. The van der Waals surface area contributed by atoms with Crippen LogP contribution in [-0.2, 0) is 0 Å². The van der Waals surface area contributed by atoms with Crippen molar-refractivity contribution < 1.29 is 9.21 Å². The lowest BCUT2D eigenvalue weighted by Gasteiger charge is -2.37. The molecule has 1 amide bonds. The summed E-state index contributed by atoms with van der Waals surface area (Å²) in [6, 6.07) is 7.74. The monoisotopic (exact) mass is 345 g/mol. The van der Waals surface area contributed by atoms with Gasteiger partial charge in [-0.2, -0.15) is 0 Å². The molecule has 6 heteroatoms. The third-order valence-electron chi connectivity index (χ3n) is 4.45. The molecule has 1 aromatic carbocycles. The zero-order valence-corrected chi connectivity index (χ0v) is 14.9. The number of nitrogens with zero attached hydrogens (tertiary/aromatic N) is 2. The zero-order chi connectivity index (χ0) is 17.1. The van der Waals surface area contributed by atoms with E-state index in [4.69, 9.17) is 16.6 Å². The zero-order valence-electron chi connectivity index (χ0n) is 14.1. The highest BCUT2D eigenvalue weighted by atomic mass is 32.1. The van der Waals surface area contributed by atoms with Gasteiger partial charge in [0.25, 0.3) is 10.7 Å². The number of nitrogens with one attached hydrogen (secondary N) is 1. The third-order valence-corrected chi connectivity index (χ3v) is 4.62. The number of hydrogen-bond donors (Lipinski definition) is 1. The molecule has 0 bridgehead atoms. The van der Waals surface area contributed by atoms with Crippen LogP contribution in [0.3, 0.4) is 0 Å². The van der Waals surface area contributed by atoms with Crippen LogP contribution in [-0.4, -0.2) is 33.6 Å². The van der Waals surface area contributed by atoms with Gasteiger partial charge in [0.05, 0.1) is 0 Å². The first kappa shape index (κ1) is 16.9. The van der Waals surface area contributed by atoms with E-state index in [0.29, 0.717) is 23.4 Å². The van der Waals surface area contributed by atoms with Gasteiger partial charge in [-0.25, -0.2) is 5.10 Å². The molecule has 1 fully saturated rings. The van der Waals surface area contributed by atoms with Gasteiger partial charge in [0.15, 0.2) is 0 Å². The predicted octanol–water partition coefficient (Wildman–Crippen LogP) is 4.44. The fourth-order valence-corrected chi connectivity index (χ4v) is 3.46. The van der Waals surface area contributed by atoms with Crippen molar-refractivity contribution in [3.05, 3.63) is 34.7 Å². The van der Waals surface area contributed by atoms with Crippen LogP contribution >= 0.6 is 12.2 Å². The molecule has 1 aliphatic heterocycles. The predicted molar refractivity (Wildman–Crippen MR) is 95.3 cm³/mol. The van der Waals surface area contributed by atoms with E-state index in [0.717, 1.165) is 31.4 Å². The molecule has 1 atom stereocenters. The number of carbonyl (C=O) groups excluding carboxylic acids is 1. The standard InChI is InChI=1S/C18H23N3O2S/c1-12(2)11-15-5-3-4-10-21(15)17(22)14-8-6-13(7-9-14)16-19-20-18(24)23-16/h6-9,12,15H,3-5,10-11H2,1-2H3,(H,20,24). The van der Waals surface area contributed by atoms with Crippen molar-refractivity contribution in [2.24, 2.45) is 5.92 Å². The second-order valence-electron chi connectivity index (χ2n) is 6.77. The van der Waals surface area contributed by atoms with Crippen LogP contribution in [0, 0.1) is 10.8 Å². The fraction of sp³-hybridized carbons (Fsp3) is 0.500. The van der Waals surface area contributed by atoms with Gasteiger partial charge >= 0.3 is 0 Å². The SMILES string of the molecule is CC(C)CC1CCCCN1C(=O)c1ccc(-c2n[nH]c(=S)o2)cc1. The number of benzene rings is 1. The van der Waals surface area contributed by atoms with E-state index < -0.39 is 0 Å². The summed E-state index contributed by atoms with van der Waals surface area (Å²) in [5.74, 6) is 1.16. The second kappa shape index (κ2) is 7.30. The summed E-state index contributed by atoms with van der Waals surface area (Å²) in [5.41, 5.74) is 1.51. The molecule has 1 aromatic heterocycles. The Labute approximate surface area is 147 Å². The van der Waals surface area contributed by atoms with Gasteiger partial charge in [0.2, 0.25) is 5.89 Å². The highest BCUT2D eigenvalue weighted by Gasteiger charge is 2.27. The van der Waals surface area contributed by atoms with Crippen molar-refractivity contribution in [1.82, 2.24) is 15.1 Å². The summed E-state index contributed by atoms with van der Waals surface area (Å²) >= 11 is 4.89. The Morgan fingerprint density at radius 3 is 2.75 bits per heavy atom.